The van der Waals surface area contributed by atoms with Crippen LogP contribution in [0, 0.1) is 0 Å². The average Bonchev–Trinajstić information content (AvgIpc) is 3.03. The molecule has 0 saturated carbocycles. The summed E-state index contributed by atoms with van der Waals surface area (Å²) < 4.78 is 11.2. The van der Waals surface area contributed by atoms with Gasteiger partial charge in [0.05, 0.1) is 11.6 Å². The van der Waals surface area contributed by atoms with E-state index in [0.717, 1.165) is 11.1 Å². The lowest BCUT2D eigenvalue weighted by Crippen LogP contribution is -2.30. The number of carbonyl (C=O) groups excluding carboxylic acids is 2. The highest BCUT2D eigenvalue weighted by molar-refractivity contribution is 6.46. The van der Waals surface area contributed by atoms with Gasteiger partial charge in [-0.1, -0.05) is 52.0 Å². The Kier molecular flexibility index (Phi) is 5.71. The Morgan fingerprint density at radius 2 is 1.69 bits per heavy atom. The lowest BCUT2D eigenvalue weighted by Gasteiger charge is -2.26. The van der Waals surface area contributed by atoms with Crippen molar-refractivity contribution in [3.63, 3.8) is 0 Å². The van der Waals surface area contributed by atoms with Crippen LogP contribution in [0.5, 0.6) is 11.5 Å². The van der Waals surface area contributed by atoms with E-state index in [1.807, 2.05) is 31.2 Å². The molecule has 6 heteroatoms. The first kappa shape index (κ1) is 21.9. The fourth-order valence-electron chi connectivity index (χ4n) is 4.21. The highest BCUT2D eigenvalue weighted by Gasteiger charge is 2.45. The lowest BCUT2D eigenvalue weighted by molar-refractivity contribution is -0.139. The van der Waals surface area contributed by atoms with Crippen molar-refractivity contribution in [3.05, 3.63) is 64.7 Å². The summed E-state index contributed by atoms with van der Waals surface area (Å²) in [6.45, 7) is 9.66. The monoisotopic (exact) mass is 435 g/mol. The molecule has 4 rings (SSSR count). The highest BCUT2D eigenvalue weighted by atomic mass is 16.6. The molecule has 2 aromatic carbocycles. The predicted octanol–water partition coefficient (Wildman–Crippen LogP) is 4.59. The van der Waals surface area contributed by atoms with Gasteiger partial charge in [0.1, 0.15) is 19.0 Å². The van der Waals surface area contributed by atoms with Crippen molar-refractivity contribution in [1.82, 2.24) is 4.90 Å². The minimum absolute atomic E-state index is 0.0189. The normalized spacial score (nSPS) is 20.0. The zero-order valence-corrected chi connectivity index (χ0v) is 19.0. The molecule has 1 saturated heterocycles. The molecule has 6 nitrogen and oxygen atoms in total. The number of benzene rings is 2. The van der Waals surface area contributed by atoms with Gasteiger partial charge in [-0.15, -0.1) is 0 Å². The molecule has 1 atom stereocenters. The summed E-state index contributed by atoms with van der Waals surface area (Å²) in [5.74, 6) is -0.363. The maximum absolute atomic E-state index is 13.0. The van der Waals surface area contributed by atoms with Crippen LogP contribution in [0.2, 0.25) is 0 Å². The van der Waals surface area contributed by atoms with E-state index >= 15 is 0 Å². The van der Waals surface area contributed by atoms with E-state index in [0.29, 0.717) is 43.2 Å². The van der Waals surface area contributed by atoms with Crippen LogP contribution in [0.25, 0.3) is 5.76 Å². The van der Waals surface area contributed by atoms with Crippen LogP contribution in [0.15, 0.2) is 48.0 Å². The molecule has 2 aliphatic rings. The van der Waals surface area contributed by atoms with E-state index in [4.69, 9.17) is 9.47 Å². The van der Waals surface area contributed by atoms with Crippen molar-refractivity contribution in [2.75, 3.05) is 19.8 Å². The summed E-state index contributed by atoms with van der Waals surface area (Å²) in [6.07, 6.45) is 0.702. The molecule has 1 fully saturated rings. The van der Waals surface area contributed by atoms with Crippen LogP contribution in [0.1, 0.15) is 56.8 Å². The molecule has 2 heterocycles. The van der Waals surface area contributed by atoms with E-state index in [1.165, 1.54) is 0 Å². The zero-order valence-electron chi connectivity index (χ0n) is 19.0. The van der Waals surface area contributed by atoms with Crippen molar-refractivity contribution in [1.29, 1.82) is 0 Å². The van der Waals surface area contributed by atoms with Gasteiger partial charge in [0.15, 0.2) is 11.5 Å². The summed E-state index contributed by atoms with van der Waals surface area (Å²) in [5, 5.41) is 11.2. The maximum atomic E-state index is 13.0. The summed E-state index contributed by atoms with van der Waals surface area (Å²) in [5.41, 5.74) is 2.45. The fourth-order valence-corrected chi connectivity index (χ4v) is 4.21. The molecule has 168 valence electrons. The fraction of sp³-hybridized carbons (Fsp3) is 0.385. The number of aliphatic hydroxyl groups is 1. The van der Waals surface area contributed by atoms with E-state index in [1.54, 1.807) is 23.1 Å². The Hall–Kier alpha value is -3.28. The number of hydrogen-bond acceptors (Lipinski definition) is 5. The standard InChI is InChI=1S/C26H29NO5/c1-5-12-27-22(16-6-9-18(10-7-16)26(2,3)4)21(24(29)25(27)30)23(28)17-8-11-19-20(15-17)32-14-13-31-19/h6-11,15,22,28H,5,12-14H2,1-4H3/b23-21-. The summed E-state index contributed by atoms with van der Waals surface area (Å²) in [4.78, 5) is 27.5. The lowest BCUT2D eigenvalue weighted by atomic mass is 9.85. The third kappa shape index (κ3) is 3.85. The first-order chi connectivity index (χ1) is 15.2. The van der Waals surface area contributed by atoms with Gasteiger partial charge in [0, 0.05) is 12.1 Å². The van der Waals surface area contributed by atoms with Gasteiger partial charge in [0.2, 0.25) is 0 Å². The van der Waals surface area contributed by atoms with E-state index in [-0.39, 0.29) is 16.7 Å². The number of fused-ring (bicyclic) bond motifs is 1. The Balaban J connectivity index is 1.82. The number of carbonyl (C=O) groups is 2. The third-order valence-electron chi connectivity index (χ3n) is 5.91. The number of rotatable bonds is 4. The van der Waals surface area contributed by atoms with Gasteiger partial charge in [0.25, 0.3) is 11.7 Å². The van der Waals surface area contributed by atoms with E-state index < -0.39 is 17.7 Å². The quantitative estimate of drug-likeness (QED) is 0.432. The number of likely N-dealkylation sites (tertiary alicyclic amines) is 1. The molecule has 0 aliphatic carbocycles. The van der Waals surface area contributed by atoms with Crippen molar-refractivity contribution < 1.29 is 24.2 Å². The number of Topliss-reactive ketones (excluding diaryl/α,β-unsaturated/α-hetero) is 1. The van der Waals surface area contributed by atoms with Crippen molar-refractivity contribution in [2.45, 2.75) is 45.6 Å². The summed E-state index contributed by atoms with van der Waals surface area (Å²) >= 11 is 0. The molecule has 1 amide bonds. The number of amides is 1. The molecular weight excluding hydrogens is 406 g/mol. The number of ether oxygens (including phenoxy) is 2. The Morgan fingerprint density at radius 1 is 1.03 bits per heavy atom. The Morgan fingerprint density at radius 3 is 2.31 bits per heavy atom. The van der Waals surface area contributed by atoms with E-state index in [2.05, 4.69) is 20.8 Å². The smallest absolute Gasteiger partial charge is 0.295 e. The molecule has 0 spiro atoms. The van der Waals surface area contributed by atoms with Crippen molar-refractivity contribution in [2.24, 2.45) is 0 Å². The van der Waals surface area contributed by atoms with Crippen LogP contribution in [0.3, 0.4) is 0 Å². The summed E-state index contributed by atoms with van der Waals surface area (Å²) in [7, 11) is 0. The molecule has 1 N–H and O–H groups in total. The van der Waals surface area contributed by atoms with Crippen LogP contribution in [0.4, 0.5) is 0 Å². The van der Waals surface area contributed by atoms with Crippen molar-refractivity contribution in [3.8, 4) is 11.5 Å². The first-order valence-corrected chi connectivity index (χ1v) is 11.0. The molecule has 32 heavy (non-hydrogen) atoms. The topological polar surface area (TPSA) is 76.1 Å². The first-order valence-electron chi connectivity index (χ1n) is 11.0. The molecule has 2 aliphatic heterocycles. The molecule has 0 radical (unpaired) electrons. The van der Waals surface area contributed by atoms with Crippen LogP contribution < -0.4 is 9.47 Å². The van der Waals surface area contributed by atoms with Gasteiger partial charge in [-0.25, -0.2) is 0 Å². The maximum Gasteiger partial charge on any atom is 0.295 e. The van der Waals surface area contributed by atoms with Gasteiger partial charge in [-0.05, 0) is 41.2 Å². The second-order valence-electron chi connectivity index (χ2n) is 9.22. The molecular formula is C26H29NO5. The SMILES string of the molecule is CCCN1C(=O)C(=O)/C(=C(\O)c2ccc3c(c2)OCCO3)C1c1ccc(C(C)(C)C)cc1. The van der Waals surface area contributed by atoms with Crippen LogP contribution >= 0.6 is 0 Å². The molecule has 2 aromatic rings. The van der Waals surface area contributed by atoms with Crippen LogP contribution in [-0.2, 0) is 15.0 Å². The van der Waals surface area contributed by atoms with Gasteiger partial charge < -0.3 is 19.5 Å². The van der Waals surface area contributed by atoms with Gasteiger partial charge in [-0.2, -0.15) is 0 Å². The third-order valence-corrected chi connectivity index (χ3v) is 5.91. The molecule has 1 unspecified atom stereocenters. The van der Waals surface area contributed by atoms with E-state index in [9.17, 15) is 14.7 Å². The average molecular weight is 436 g/mol. The largest absolute Gasteiger partial charge is 0.507 e. The number of hydrogen-bond donors (Lipinski definition) is 1. The minimum Gasteiger partial charge on any atom is -0.507 e. The second-order valence-corrected chi connectivity index (χ2v) is 9.22. The molecule has 0 bridgehead atoms. The highest BCUT2D eigenvalue weighted by Crippen LogP contribution is 2.41. The number of ketones is 1. The second kappa shape index (κ2) is 8.34. The number of aliphatic hydroxyl groups excluding tert-OH is 1. The Bertz CT molecular complexity index is 1080. The predicted molar refractivity (Wildman–Crippen MR) is 122 cm³/mol. The summed E-state index contributed by atoms with van der Waals surface area (Å²) in [6, 6.07) is 12.3. The number of nitrogens with zero attached hydrogens (tertiary/aromatic N) is 1. The zero-order chi connectivity index (χ0) is 23.0. The van der Waals surface area contributed by atoms with Gasteiger partial charge in [-0.3, -0.25) is 9.59 Å². The van der Waals surface area contributed by atoms with Crippen LogP contribution in [-0.4, -0.2) is 41.5 Å². The van der Waals surface area contributed by atoms with Crippen molar-refractivity contribution >= 4 is 17.4 Å². The minimum atomic E-state index is -0.671. The Labute approximate surface area is 188 Å². The van der Waals surface area contributed by atoms with Gasteiger partial charge >= 0.3 is 0 Å². The molecule has 0 aromatic heterocycles.